The molecule has 2 rings (SSSR count). The number of hydrogen-bond donors (Lipinski definition) is 2. The van der Waals surface area contributed by atoms with Gasteiger partial charge in [0.05, 0.1) is 7.11 Å². The van der Waals surface area contributed by atoms with Crippen LogP contribution in [0.2, 0.25) is 0 Å². The summed E-state index contributed by atoms with van der Waals surface area (Å²) in [6, 6.07) is 6.42. The van der Waals surface area contributed by atoms with E-state index in [0.717, 1.165) is 17.7 Å². The van der Waals surface area contributed by atoms with Crippen LogP contribution in [-0.2, 0) is 0 Å². The molecule has 20 heavy (non-hydrogen) atoms. The summed E-state index contributed by atoms with van der Waals surface area (Å²) in [4.78, 5) is 2.44. The van der Waals surface area contributed by atoms with Crippen LogP contribution < -0.4 is 10.5 Å². The predicted octanol–water partition coefficient (Wildman–Crippen LogP) is 2.66. The number of benzene rings is 1. The second-order valence-corrected chi connectivity index (χ2v) is 5.72. The molecule has 1 aromatic rings. The first-order valence-electron chi connectivity index (χ1n) is 7.42. The number of likely N-dealkylation sites (tertiary alicyclic amines) is 1. The van der Waals surface area contributed by atoms with Crippen LogP contribution in [0.3, 0.4) is 0 Å². The molecule has 1 aliphatic rings. The van der Waals surface area contributed by atoms with E-state index in [4.69, 9.17) is 10.5 Å². The third-order valence-electron chi connectivity index (χ3n) is 4.49. The standard InChI is InChI=1S/C16H26N2O2/c1-11-5-4-6-13(10-17)18(11)12(2)15-9-14(20-3)7-8-16(15)19/h7-9,11-13,19H,4-6,10,17H2,1-3H3. The van der Waals surface area contributed by atoms with Gasteiger partial charge in [0.15, 0.2) is 0 Å². The fourth-order valence-corrected chi connectivity index (χ4v) is 3.40. The van der Waals surface area contributed by atoms with E-state index < -0.39 is 0 Å². The zero-order valence-corrected chi connectivity index (χ0v) is 12.7. The molecule has 1 aromatic carbocycles. The molecule has 0 amide bonds. The highest BCUT2D eigenvalue weighted by Gasteiger charge is 2.32. The minimum atomic E-state index is 0.133. The summed E-state index contributed by atoms with van der Waals surface area (Å²) in [6.07, 6.45) is 3.55. The summed E-state index contributed by atoms with van der Waals surface area (Å²) in [6.45, 7) is 5.05. The fraction of sp³-hybridized carbons (Fsp3) is 0.625. The van der Waals surface area contributed by atoms with Gasteiger partial charge >= 0.3 is 0 Å². The van der Waals surface area contributed by atoms with Crippen LogP contribution in [0.1, 0.15) is 44.7 Å². The Morgan fingerprint density at radius 1 is 1.45 bits per heavy atom. The Kier molecular flexibility index (Phi) is 4.89. The maximum Gasteiger partial charge on any atom is 0.120 e. The topological polar surface area (TPSA) is 58.7 Å². The molecule has 1 heterocycles. The Bertz CT molecular complexity index is 450. The molecule has 4 heteroatoms. The van der Waals surface area contributed by atoms with Crippen molar-refractivity contribution in [3.05, 3.63) is 23.8 Å². The predicted molar refractivity (Wildman–Crippen MR) is 81.1 cm³/mol. The first kappa shape index (κ1) is 15.1. The van der Waals surface area contributed by atoms with Gasteiger partial charge in [-0.25, -0.2) is 0 Å². The summed E-state index contributed by atoms with van der Waals surface area (Å²) in [5.41, 5.74) is 6.85. The van der Waals surface area contributed by atoms with E-state index in [2.05, 4.69) is 18.7 Å². The van der Waals surface area contributed by atoms with Crippen LogP contribution in [0.15, 0.2) is 18.2 Å². The molecule has 1 fully saturated rings. The molecular weight excluding hydrogens is 252 g/mol. The van der Waals surface area contributed by atoms with Crippen molar-refractivity contribution in [2.45, 2.75) is 51.2 Å². The van der Waals surface area contributed by atoms with Gasteiger partial charge in [0, 0.05) is 30.2 Å². The van der Waals surface area contributed by atoms with Crippen molar-refractivity contribution in [2.75, 3.05) is 13.7 Å². The number of hydrogen-bond acceptors (Lipinski definition) is 4. The van der Waals surface area contributed by atoms with Gasteiger partial charge in [0.1, 0.15) is 11.5 Å². The number of piperidine rings is 1. The Morgan fingerprint density at radius 2 is 2.20 bits per heavy atom. The molecule has 0 aromatic heterocycles. The summed E-state index contributed by atoms with van der Waals surface area (Å²) in [7, 11) is 1.65. The third-order valence-corrected chi connectivity index (χ3v) is 4.49. The third kappa shape index (κ3) is 2.91. The Morgan fingerprint density at radius 3 is 2.85 bits per heavy atom. The van der Waals surface area contributed by atoms with Gasteiger partial charge in [0.25, 0.3) is 0 Å². The maximum atomic E-state index is 10.2. The number of nitrogens with zero attached hydrogens (tertiary/aromatic N) is 1. The van der Waals surface area contributed by atoms with Crippen molar-refractivity contribution in [3.63, 3.8) is 0 Å². The van der Waals surface area contributed by atoms with Crippen molar-refractivity contribution in [1.82, 2.24) is 4.90 Å². The van der Waals surface area contributed by atoms with Gasteiger partial charge in [-0.3, -0.25) is 4.90 Å². The lowest BCUT2D eigenvalue weighted by Gasteiger charge is -2.44. The van der Waals surface area contributed by atoms with E-state index in [0.29, 0.717) is 24.4 Å². The van der Waals surface area contributed by atoms with Crippen LogP contribution in [-0.4, -0.2) is 35.7 Å². The molecule has 3 atom stereocenters. The lowest BCUT2D eigenvalue weighted by molar-refractivity contribution is 0.0559. The van der Waals surface area contributed by atoms with E-state index in [9.17, 15) is 5.11 Å². The van der Waals surface area contributed by atoms with Crippen LogP contribution in [0.4, 0.5) is 0 Å². The number of ether oxygens (including phenoxy) is 1. The number of rotatable bonds is 4. The Balaban J connectivity index is 2.30. The van der Waals surface area contributed by atoms with Gasteiger partial charge in [0.2, 0.25) is 0 Å². The average molecular weight is 278 g/mol. The van der Waals surface area contributed by atoms with Gasteiger partial charge in [-0.2, -0.15) is 0 Å². The second kappa shape index (κ2) is 6.46. The number of methoxy groups -OCH3 is 1. The molecule has 4 nitrogen and oxygen atoms in total. The van der Waals surface area contributed by atoms with Crippen LogP contribution >= 0.6 is 0 Å². The Hall–Kier alpha value is -1.26. The normalized spacial score (nSPS) is 25.4. The van der Waals surface area contributed by atoms with Crippen molar-refractivity contribution >= 4 is 0 Å². The number of phenols is 1. The van der Waals surface area contributed by atoms with E-state index in [1.807, 2.05) is 6.07 Å². The molecule has 112 valence electrons. The molecule has 1 saturated heterocycles. The quantitative estimate of drug-likeness (QED) is 0.889. The Labute approximate surface area is 121 Å². The zero-order valence-electron chi connectivity index (χ0n) is 12.7. The van der Waals surface area contributed by atoms with E-state index in [1.165, 1.54) is 12.8 Å². The summed E-state index contributed by atoms with van der Waals surface area (Å²) in [5.74, 6) is 1.10. The largest absolute Gasteiger partial charge is 0.508 e. The highest BCUT2D eigenvalue weighted by atomic mass is 16.5. The minimum Gasteiger partial charge on any atom is -0.508 e. The lowest BCUT2D eigenvalue weighted by Crippen LogP contribution is -2.49. The summed E-state index contributed by atoms with van der Waals surface area (Å²) >= 11 is 0. The van der Waals surface area contributed by atoms with Crippen molar-refractivity contribution in [1.29, 1.82) is 0 Å². The van der Waals surface area contributed by atoms with Crippen LogP contribution in [0.25, 0.3) is 0 Å². The van der Waals surface area contributed by atoms with Gasteiger partial charge in [-0.1, -0.05) is 6.42 Å². The molecule has 0 aliphatic carbocycles. The van der Waals surface area contributed by atoms with E-state index in [-0.39, 0.29) is 6.04 Å². The lowest BCUT2D eigenvalue weighted by atomic mass is 9.92. The monoisotopic (exact) mass is 278 g/mol. The highest BCUT2D eigenvalue weighted by Crippen LogP contribution is 2.37. The molecular formula is C16H26N2O2. The molecule has 0 bridgehead atoms. The number of phenolic OH excluding ortho intramolecular Hbond substituents is 1. The smallest absolute Gasteiger partial charge is 0.120 e. The van der Waals surface area contributed by atoms with E-state index in [1.54, 1.807) is 19.2 Å². The maximum absolute atomic E-state index is 10.2. The first-order valence-corrected chi connectivity index (χ1v) is 7.42. The van der Waals surface area contributed by atoms with Crippen molar-refractivity contribution < 1.29 is 9.84 Å². The second-order valence-electron chi connectivity index (χ2n) is 5.72. The van der Waals surface area contributed by atoms with Gasteiger partial charge < -0.3 is 15.6 Å². The molecule has 0 spiro atoms. The average Bonchev–Trinajstić information content (AvgIpc) is 2.46. The fourth-order valence-electron chi connectivity index (χ4n) is 3.40. The SMILES string of the molecule is COc1ccc(O)c(C(C)N2C(C)CCCC2CN)c1. The molecule has 3 N–H and O–H groups in total. The molecule has 3 unspecified atom stereocenters. The van der Waals surface area contributed by atoms with Crippen molar-refractivity contribution in [3.8, 4) is 11.5 Å². The summed E-state index contributed by atoms with van der Waals surface area (Å²) < 4.78 is 5.27. The number of nitrogens with two attached hydrogens (primary N) is 1. The van der Waals surface area contributed by atoms with E-state index >= 15 is 0 Å². The first-order chi connectivity index (χ1) is 9.58. The minimum absolute atomic E-state index is 0.133. The molecule has 1 aliphatic heterocycles. The van der Waals surface area contributed by atoms with Crippen LogP contribution in [0.5, 0.6) is 11.5 Å². The molecule has 0 radical (unpaired) electrons. The van der Waals surface area contributed by atoms with Crippen LogP contribution in [0, 0.1) is 0 Å². The van der Waals surface area contributed by atoms with Crippen molar-refractivity contribution in [2.24, 2.45) is 5.73 Å². The highest BCUT2D eigenvalue weighted by molar-refractivity contribution is 5.41. The number of aromatic hydroxyl groups is 1. The summed E-state index contributed by atoms with van der Waals surface area (Å²) in [5, 5.41) is 10.2. The molecule has 0 saturated carbocycles. The van der Waals surface area contributed by atoms with Gasteiger partial charge in [-0.15, -0.1) is 0 Å². The zero-order chi connectivity index (χ0) is 14.7. The van der Waals surface area contributed by atoms with Gasteiger partial charge in [-0.05, 0) is 44.9 Å².